The molecule has 18 heavy (non-hydrogen) atoms. The fourth-order valence-corrected chi connectivity index (χ4v) is 3.68. The molecule has 0 radical (unpaired) electrons. The molecule has 0 aromatic heterocycles. The van der Waals surface area contributed by atoms with Gasteiger partial charge in [0.15, 0.2) is 0 Å². The largest absolute Gasteiger partial charge is 0.493 e. The van der Waals surface area contributed by atoms with Crippen molar-refractivity contribution in [2.45, 2.75) is 45.6 Å². The first-order chi connectivity index (χ1) is 8.48. The van der Waals surface area contributed by atoms with Gasteiger partial charge in [0, 0.05) is 23.0 Å². The first kappa shape index (κ1) is 12.3. The van der Waals surface area contributed by atoms with Crippen molar-refractivity contribution in [2.75, 3.05) is 6.61 Å². The molecule has 98 valence electrons. The Bertz CT molecular complexity index is 496. The van der Waals surface area contributed by atoms with Crippen molar-refractivity contribution in [1.82, 2.24) is 0 Å². The van der Waals surface area contributed by atoms with Gasteiger partial charge in [0.05, 0.1) is 6.61 Å². The quantitative estimate of drug-likeness (QED) is 0.727. The maximum absolute atomic E-state index is 6.45. The summed E-state index contributed by atoms with van der Waals surface area (Å²) < 4.78 is 5.81. The lowest BCUT2D eigenvalue weighted by Crippen LogP contribution is -2.19. The first-order valence-electron chi connectivity index (χ1n) is 6.70. The highest BCUT2D eigenvalue weighted by molar-refractivity contribution is 6.31. The molecule has 1 atom stereocenters. The van der Waals surface area contributed by atoms with Crippen LogP contribution in [0.3, 0.4) is 0 Å². The van der Waals surface area contributed by atoms with Gasteiger partial charge in [-0.2, -0.15) is 0 Å². The summed E-state index contributed by atoms with van der Waals surface area (Å²) in [6.45, 7) is 5.35. The lowest BCUT2D eigenvalue weighted by atomic mass is 9.83. The van der Waals surface area contributed by atoms with Gasteiger partial charge in [-0.15, -0.1) is 0 Å². The summed E-state index contributed by atoms with van der Waals surface area (Å²) in [5.74, 6) is 1.07. The molecule has 1 aliphatic carbocycles. The molecule has 2 N–H and O–H groups in total. The van der Waals surface area contributed by atoms with E-state index in [0.717, 1.165) is 48.6 Å². The van der Waals surface area contributed by atoms with Crippen LogP contribution >= 0.6 is 11.6 Å². The third kappa shape index (κ3) is 1.92. The normalized spacial score (nSPS) is 25.0. The van der Waals surface area contributed by atoms with Gasteiger partial charge < -0.3 is 10.5 Å². The molecule has 0 fully saturated rings. The van der Waals surface area contributed by atoms with E-state index in [9.17, 15) is 0 Å². The van der Waals surface area contributed by atoms with Gasteiger partial charge in [-0.05, 0) is 41.9 Å². The Morgan fingerprint density at radius 2 is 2.17 bits per heavy atom. The predicted octanol–water partition coefficient (Wildman–Crippen LogP) is 3.64. The van der Waals surface area contributed by atoms with Crippen molar-refractivity contribution in [3.63, 3.8) is 0 Å². The zero-order chi connectivity index (χ0) is 12.9. The van der Waals surface area contributed by atoms with Crippen LogP contribution < -0.4 is 10.5 Å². The summed E-state index contributed by atoms with van der Waals surface area (Å²) in [6.07, 6.45) is 4.13. The number of ether oxygens (including phenoxy) is 1. The molecule has 1 aliphatic heterocycles. The summed E-state index contributed by atoms with van der Waals surface area (Å²) in [5.41, 5.74) is 10.3. The number of benzene rings is 1. The lowest BCUT2D eigenvalue weighted by Gasteiger charge is -2.24. The van der Waals surface area contributed by atoms with Crippen LogP contribution in [0.4, 0.5) is 0 Å². The number of fused-ring (bicyclic) bond motifs is 3. The Kier molecular flexibility index (Phi) is 2.83. The second-order valence-electron chi connectivity index (χ2n) is 6.31. The molecule has 0 saturated carbocycles. The molecule has 3 rings (SSSR count). The minimum Gasteiger partial charge on any atom is -0.493 e. The standard InChI is InChI=1S/C15H20ClNO/c1-15(2)5-3-10-13(12(17)8-15)11(16)7-9-4-6-18-14(9)10/h7,12H,3-6,8,17H2,1-2H3. The van der Waals surface area contributed by atoms with Gasteiger partial charge in [-0.25, -0.2) is 0 Å². The number of hydrogen-bond donors (Lipinski definition) is 1. The molecule has 2 nitrogen and oxygen atoms in total. The summed E-state index contributed by atoms with van der Waals surface area (Å²) >= 11 is 6.45. The van der Waals surface area contributed by atoms with Gasteiger partial charge >= 0.3 is 0 Å². The molecule has 1 aromatic carbocycles. The highest BCUT2D eigenvalue weighted by atomic mass is 35.5. The molecule has 3 heteroatoms. The fourth-order valence-electron chi connectivity index (χ4n) is 3.30. The van der Waals surface area contributed by atoms with Gasteiger partial charge in [0.1, 0.15) is 5.75 Å². The monoisotopic (exact) mass is 265 g/mol. The minimum atomic E-state index is 0.0273. The van der Waals surface area contributed by atoms with E-state index in [0.29, 0.717) is 0 Å². The van der Waals surface area contributed by atoms with Crippen molar-refractivity contribution < 1.29 is 4.74 Å². The zero-order valence-electron chi connectivity index (χ0n) is 11.1. The summed E-state index contributed by atoms with van der Waals surface area (Å²) in [6, 6.07) is 2.08. The van der Waals surface area contributed by atoms with E-state index in [4.69, 9.17) is 22.1 Å². The molecular weight excluding hydrogens is 246 g/mol. The van der Waals surface area contributed by atoms with Crippen LogP contribution in [0, 0.1) is 5.41 Å². The molecule has 0 saturated heterocycles. The Balaban J connectivity index is 2.15. The van der Waals surface area contributed by atoms with Gasteiger partial charge in [-0.3, -0.25) is 0 Å². The lowest BCUT2D eigenvalue weighted by molar-refractivity contribution is 0.293. The van der Waals surface area contributed by atoms with Crippen molar-refractivity contribution in [1.29, 1.82) is 0 Å². The Morgan fingerprint density at radius 3 is 2.94 bits per heavy atom. The van der Waals surface area contributed by atoms with Crippen LogP contribution in [0.1, 0.15) is 49.4 Å². The molecular formula is C15H20ClNO. The van der Waals surface area contributed by atoms with Crippen LogP contribution in [0.5, 0.6) is 5.75 Å². The van der Waals surface area contributed by atoms with Gasteiger partial charge in [0.2, 0.25) is 0 Å². The van der Waals surface area contributed by atoms with E-state index in [1.54, 1.807) is 0 Å². The number of halogens is 1. The highest BCUT2D eigenvalue weighted by Gasteiger charge is 2.32. The SMILES string of the molecule is CC1(C)CCc2c3c(cc(Cl)c2C(N)C1)CCO3. The second kappa shape index (κ2) is 4.14. The van der Waals surface area contributed by atoms with Crippen molar-refractivity contribution in [3.8, 4) is 5.75 Å². The van der Waals surface area contributed by atoms with Crippen molar-refractivity contribution in [3.05, 3.63) is 27.8 Å². The first-order valence-corrected chi connectivity index (χ1v) is 7.08. The van der Waals surface area contributed by atoms with E-state index in [1.165, 1.54) is 11.1 Å². The third-order valence-corrected chi connectivity index (χ3v) is 4.57. The minimum absolute atomic E-state index is 0.0273. The number of rotatable bonds is 0. The van der Waals surface area contributed by atoms with Crippen LogP contribution in [0.15, 0.2) is 6.07 Å². The molecule has 0 bridgehead atoms. The van der Waals surface area contributed by atoms with E-state index >= 15 is 0 Å². The number of hydrogen-bond acceptors (Lipinski definition) is 2. The molecule has 1 aromatic rings. The summed E-state index contributed by atoms with van der Waals surface area (Å²) in [5, 5.41) is 0.833. The Hall–Kier alpha value is -0.730. The summed E-state index contributed by atoms with van der Waals surface area (Å²) in [4.78, 5) is 0. The third-order valence-electron chi connectivity index (χ3n) is 4.26. The topological polar surface area (TPSA) is 35.2 Å². The van der Waals surface area contributed by atoms with E-state index in [2.05, 4.69) is 19.9 Å². The van der Waals surface area contributed by atoms with Crippen LogP contribution in [0.2, 0.25) is 5.02 Å². The zero-order valence-corrected chi connectivity index (χ0v) is 11.8. The second-order valence-corrected chi connectivity index (χ2v) is 6.72. The van der Waals surface area contributed by atoms with E-state index in [-0.39, 0.29) is 11.5 Å². The van der Waals surface area contributed by atoms with E-state index < -0.39 is 0 Å². The van der Waals surface area contributed by atoms with Crippen LogP contribution in [-0.4, -0.2) is 6.61 Å². The average molecular weight is 266 g/mol. The van der Waals surface area contributed by atoms with Gasteiger partial charge in [0.25, 0.3) is 0 Å². The molecule has 0 spiro atoms. The van der Waals surface area contributed by atoms with Crippen molar-refractivity contribution in [2.24, 2.45) is 11.1 Å². The van der Waals surface area contributed by atoms with Gasteiger partial charge in [-0.1, -0.05) is 25.4 Å². The Labute approximate surface area is 113 Å². The fraction of sp³-hybridized carbons (Fsp3) is 0.600. The molecule has 0 amide bonds. The molecule has 1 unspecified atom stereocenters. The van der Waals surface area contributed by atoms with Crippen LogP contribution in [0.25, 0.3) is 0 Å². The number of nitrogens with two attached hydrogens (primary N) is 1. The molecule has 2 aliphatic rings. The maximum atomic E-state index is 6.45. The smallest absolute Gasteiger partial charge is 0.126 e. The van der Waals surface area contributed by atoms with Crippen molar-refractivity contribution >= 4 is 11.6 Å². The Morgan fingerprint density at radius 1 is 1.39 bits per heavy atom. The van der Waals surface area contributed by atoms with E-state index in [1.807, 2.05) is 0 Å². The summed E-state index contributed by atoms with van der Waals surface area (Å²) in [7, 11) is 0. The molecule has 1 heterocycles. The average Bonchev–Trinajstić information content (AvgIpc) is 2.67. The highest BCUT2D eigenvalue weighted by Crippen LogP contribution is 2.46. The maximum Gasteiger partial charge on any atom is 0.126 e. The predicted molar refractivity (Wildman–Crippen MR) is 74.3 cm³/mol. The van der Waals surface area contributed by atoms with Crippen LogP contribution in [-0.2, 0) is 12.8 Å².